The molecule has 0 unspecified atom stereocenters. The van der Waals surface area contributed by atoms with Gasteiger partial charge in [0.05, 0.1) is 23.2 Å². The second-order valence-electron chi connectivity index (χ2n) is 7.26. The van der Waals surface area contributed by atoms with Crippen molar-refractivity contribution in [3.63, 3.8) is 0 Å². The normalized spacial score (nSPS) is 19.4. The quantitative estimate of drug-likeness (QED) is 0.743. The number of hydrogen-bond donors (Lipinski definition) is 2. The molecule has 6 nitrogen and oxygen atoms in total. The van der Waals surface area contributed by atoms with Crippen LogP contribution in [0.1, 0.15) is 25.7 Å². The van der Waals surface area contributed by atoms with Gasteiger partial charge >= 0.3 is 10.2 Å². The lowest BCUT2D eigenvalue weighted by Gasteiger charge is -2.28. The molecule has 28 heavy (non-hydrogen) atoms. The summed E-state index contributed by atoms with van der Waals surface area (Å²) in [5.41, 5.74) is 0.893. The van der Waals surface area contributed by atoms with Crippen molar-refractivity contribution in [3.8, 4) is 0 Å². The van der Waals surface area contributed by atoms with Crippen LogP contribution in [0.4, 0.5) is 21.5 Å². The smallest absolute Gasteiger partial charge is 0.331 e. The van der Waals surface area contributed by atoms with Crippen LogP contribution in [0.2, 0.25) is 0 Å². The Morgan fingerprint density at radius 1 is 1.07 bits per heavy atom. The lowest BCUT2D eigenvalue weighted by molar-refractivity contribution is 0.152. The molecule has 8 heteroatoms. The van der Waals surface area contributed by atoms with Gasteiger partial charge in [-0.3, -0.25) is 4.31 Å². The molecule has 0 spiro atoms. The zero-order valence-electron chi connectivity index (χ0n) is 15.5. The van der Waals surface area contributed by atoms with Gasteiger partial charge in [-0.25, -0.2) is 8.70 Å². The van der Waals surface area contributed by atoms with Crippen LogP contribution in [-0.4, -0.2) is 38.8 Å². The number of nitrogens with one attached hydrogen (secondary N) is 1. The molecule has 0 radical (unpaired) electrons. The SMILES string of the molecule is O=S1(=O)N(CC[C@H](O)CNC2CCC2)c2ccccc2N1c1ccccc1F. The first kappa shape index (κ1) is 19.2. The van der Waals surface area contributed by atoms with Gasteiger partial charge in [0.15, 0.2) is 0 Å². The van der Waals surface area contributed by atoms with Gasteiger partial charge in [-0.05, 0) is 43.5 Å². The number of nitrogens with zero attached hydrogens (tertiary/aromatic N) is 2. The van der Waals surface area contributed by atoms with Crippen molar-refractivity contribution in [2.24, 2.45) is 0 Å². The molecular formula is C20H24FN3O3S. The highest BCUT2D eigenvalue weighted by Gasteiger charge is 2.42. The third kappa shape index (κ3) is 3.47. The highest BCUT2D eigenvalue weighted by atomic mass is 32.2. The number of aliphatic hydroxyl groups is 1. The van der Waals surface area contributed by atoms with Crippen LogP contribution in [0, 0.1) is 5.82 Å². The molecule has 0 saturated heterocycles. The van der Waals surface area contributed by atoms with Crippen molar-refractivity contribution in [2.45, 2.75) is 37.8 Å². The van der Waals surface area contributed by atoms with Crippen LogP contribution >= 0.6 is 0 Å². The molecule has 1 aliphatic heterocycles. The molecule has 1 heterocycles. The summed E-state index contributed by atoms with van der Waals surface area (Å²) >= 11 is 0. The van der Waals surface area contributed by atoms with Crippen molar-refractivity contribution >= 4 is 27.3 Å². The van der Waals surface area contributed by atoms with Gasteiger partial charge in [0, 0.05) is 19.1 Å². The molecule has 2 aliphatic rings. The number of para-hydroxylation sites is 3. The summed E-state index contributed by atoms with van der Waals surface area (Å²) in [5.74, 6) is -0.604. The molecule has 1 saturated carbocycles. The summed E-state index contributed by atoms with van der Waals surface area (Å²) in [6.45, 7) is 0.565. The van der Waals surface area contributed by atoms with E-state index in [1.807, 2.05) is 0 Å². The molecule has 0 bridgehead atoms. The Balaban J connectivity index is 1.55. The molecule has 2 N–H and O–H groups in total. The van der Waals surface area contributed by atoms with Gasteiger partial charge in [-0.15, -0.1) is 0 Å². The van der Waals surface area contributed by atoms with Crippen LogP contribution in [0.15, 0.2) is 48.5 Å². The number of rotatable bonds is 7. The maximum absolute atomic E-state index is 14.4. The topological polar surface area (TPSA) is 72.9 Å². The first-order valence-corrected chi connectivity index (χ1v) is 11.0. The predicted octanol–water partition coefficient (Wildman–Crippen LogP) is 2.92. The number of aliphatic hydroxyl groups excluding tert-OH is 1. The van der Waals surface area contributed by atoms with Crippen molar-refractivity contribution in [1.82, 2.24) is 5.32 Å². The zero-order chi connectivity index (χ0) is 19.7. The molecule has 1 atom stereocenters. The second-order valence-corrected chi connectivity index (χ2v) is 8.96. The third-order valence-electron chi connectivity index (χ3n) is 5.36. The number of benzene rings is 2. The fraction of sp³-hybridized carbons (Fsp3) is 0.400. The number of anilines is 3. The first-order chi connectivity index (χ1) is 13.5. The Kier molecular flexibility index (Phi) is 5.27. The molecule has 150 valence electrons. The number of halogens is 1. The van der Waals surface area contributed by atoms with Gasteiger partial charge < -0.3 is 10.4 Å². The van der Waals surface area contributed by atoms with Crippen molar-refractivity contribution < 1.29 is 17.9 Å². The monoisotopic (exact) mass is 405 g/mol. The van der Waals surface area contributed by atoms with Crippen LogP contribution in [0.25, 0.3) is 0 Å². The largest absolute Gasteiger partial charge is 0.392 e. The minimum absolute atomic E-state index is 0.00958. The second kappa shape index (κ2) is 7.69. The van der Waals surface area contributed by atoms with E-state index in [4.69, 9.17) is 0 Å². The molecule has 1 fully saturated rings. The Labute approximate surface area is 164 Å². The molecular weight excluding hydrogens is 381 g/mol. The van der Waals surface area contributed by atoms with Crippen LogP contribution < -0.4 is 13.9 Å². The van der Waals surface area contributed by atoms with E-state index in [2.05, 4.69) is 5.32 Å². The zero-order valence-corrected chi connectivity index (χ0v) is 16.3. The Morgan fingerprint density at radius 2 is 1.71 bits per heavy atom. The van der Waals surface area contributed by atoms with Crippen LogP contribution in [0.3, 0.4) is 0 Å². The van der Waals surface area contributed by atoms with Crippen LogP contribution in [-0.2, 0) is 10.2 Å². The van der Waals surface area contributed by atoms with E-state index in [-0.39, 0.29) is 12.2 Å². The summed E-state index contributed by atoms with van der Waals surface area (Å²) in [4.78, 5) is 0. The maximum atomic E-state index is 14.4. The Bertz CT molecular complexity index is 949. The van der Waals surface area contributed by atoms with Gasteiger partial charge in [0.1, 0.15) is 5.82 Å². The highest BCUT2D eigenvalue weighted by Crippen LogP contribution is 2.45. The van der Waals surface area contributed by atoms with E-state index in [1.54, 1.807) is 30.3 Å². The van der Waals surface area contributed by atoms with Gasteiger partial charge in [-0.1, -0.05) is 30.7 Å². The lowest BCUT2D eigenvalue weighted by Crippen LogP contribution is -2.42. The van der Waals surface area contributed by atoms with E-state index >= 15 is 0 Å². The lowest BCUT2D eigenvalue weighted by atomic mass is 9.93. The minimum atomic E-state index is -3.99. The summed E-state index contributed by atoms with van der Waals surface area (Å²) in [6, 6.07) is 13.1. The standard InChI is InChI=1S/C20H24FN3O3S/c21-17-8-1-2-9-18(17)24-20-11-4-3-10-19(20)23(28(24,26)27)13-12-16(25)14-22-15-6-5-7-15/h1-4,8-11,15-16,22,25H,5-7,12-14H2/t16-/m0/s1. The van der Waals surface area contributed by atoms with Gasteiger partial charge in [0.2, 0.25) is 0 Å². The fourth-order valence-corrected chi connectivity index (χ4v) is 5.32. The van der Waals surface area contributed by atoms with E-state index in [1.165, 1.54) is 28.9 Å². The highest BCUT2D eigenvalue weighted by molar-refractivity contribution is 7.95. The summed E-state index contributed by atoms with van der Waals surface area (Å²) in [7, 11) is -3.99. The Hall–Kier alpha value is -2.16. The first-order valence-electron chi connectivity index (χ1n) is 9.56. The van der Waals surface area contributed by atoms with Crippen molar-refractivity contribution in [3.05, 3.63) is 54.3 Å². The molecule has 0 aromatic heterocycles. The average molecular weight is 405 g/mol. The molecule has 2 aromatic rings. The van der Waals surface area contributed by atoms with Gasteiger partial charge in [-0.2, -0.15) is 8.42 Å². The van der Waals surface area contributed by atoms with Crippen molar-refractivity contribution in [1.29, 1.82) is 0 Å². The van der Waals surface area contributed by atoms with E-state index in [0.717, 1.165) is 17.1 Å². The van der Waals surface area contributed by atoms with Gasteiger partial charge in [0.25, 0.3) is 0 Å². The fourth-order valence-electron chi connectivity index (χ4n) is 3.58. The number of fused-ring (bicyclic) bond motifs is 1. The molecule has 2 aromatic carbocycles. The summed E-state index contributed by atoms with van der Waals surface area (Å²) in [5, 5.41) is 13.6. The minimum Gasteiger partial charge on any atom is -0.392 e. The van der Waals surface area contributed by atoms with Crippen molar-refractivity contribution in [2.75, 3.05) is 21.7 Å². The van der Waals surface area contributed by atoms with E-state index in [0.29, 0.717) is 30.4 Å². The Morgan fingerprint density at radius 3 is 2.36 bits per heavy atom. The third-order valence-corrected chi connectivity index (χ3v) is 7.15. The molecule has 1 aliphatic carbocycles. The van der Waals surface area contributed by atoms with E-state index in [9.17, 15) is 17.9 Å². The average Bonchev–Trinajstić information content (AvgIpc) is 2.85. The number of hydrogen-bond acceptors (Lipinski definition) is 4. The molecule has 4 rings (SSSR count). The van der Waals surface area contributed by atoms with Crippen LogP contribution in [0.5, 0.6) is 0 Å². The maximum Gasteiger partial charge on any atom is 0.331 e. The summed E-state index contributed by atoms with van der Waals surface area (Å²) < 4.78 is 43.1. The molecule has 0 amide bonds. The van der Waals surface area contributed by atoms with E-state index < -0.39 is 22.1 Å². The summed E-state index contributed by atoms with van der Waals surface area (Å²) in [6.07, 6.45) is 3.10. The predicted molar refractivity (Wildman–Crippen MR) is 108 cm³/mol.